The predicted octanol–water partition coefficient (Wildman–Crippen LogP) is 2.85. The average Bonchev–Trinajstić information content (AvgIpc) is 3.19. The molecular formula is C15H20N2O. The molecule has 0 aliphatic heterocycles. The second kappa shape index (κ2) is 5.88. The van der Waals surface area contributed by atoms with Gasteiger partial charge in [0.15, 0.2) is 0 Å². The summed E-state index contributed by atoms with van der Waals surface area (Å²) < 4.78 is 5.13. The molecule has 1 aromatic carbocycles. The van der Waals surface area contributed by atoms with Crippen molar-refractivity contribution in [1.82, 2.24) is 5.32 Å². The van der Waals surface area contributed by atoms with Gasteiger partial charge in [0.2, 0.25) is 0 Å². The molecule has 0 radical (unpaired) electrons. The Morgan fingerprint density at radius 2 is 2.28 bits per heavy atom. The highest BCUT2D eigenvalue weighted by atomic mass is 16.5. The van der Waals surface area contributed by atoms with Crippen LogP contribution in [0.4, 0.5) is 0 Å². The minimum atomic E-state index is 0.546. The Bertz CT molecular complexity index is 446. The minimum absolute atomic E-state index is 0.546. The summed E-state index contributed by atoms with van der Waals surface area (Å²) in [7, 11) is 1.59. The monoisotopic (exact) mass is 244 g/mol. The molecule has 0 saturated heterocycles. The Kier molecular flexibility index (Phi) is 4.22. The van der Waals surface area contributed by atoms with Crippen LogP contribution in [0.5, 0.6) is 5.75 Å². The van der Waals surface area contributed by atoms with E-state index in [-0.39, 0.29) is 0 Å². The van der Waals surface area contributed by atoms with Crippen molar-refractivity contribution >= 4 is 0 Å². The van der Waals surface area contributed by atoms with Gasteiger partial charge in [0.05, 0.1) is 12.7 Å². The summed E-state index contributed by atoms with van der Waals surface area (Å²) in [6, 6.07) is 8.48. The van der Waals surface area contributed by atoms with E-state index in [0.29, 0.717) is 17.4 Å². The van der Waals surface area contributed by atoms with Crippen LogP contribution in [0.1, 0.15) is 37.3 Å². The summed E-state index contributed by atoms with van der Waals surface area (Å²) >= 11 is 0. The van der Waals surface area contributed by atoms with Crippen LogP contribution in [0.25, 0.3) is 0 Å². The first-order chi connectivity index (χ1) is 8.72. The second-order valence-corrected chi connectivity index (χ2v) is 5.11. The van der Waals surface area contributed by atoms with Crippen LogP contribution in [0, 0.1) is 17.2 Å². The highest BCUT2D eigenvalue weighted by molar-refractivity contribution is 5.45. The first-order valence-electron chi connectivity index (χ1n) is 6.53. The summed E-state index contributed by atoms with van der Waals surface area (Å²) in [6.45, 7) is 3.04. The van der Waals surface area contributed by atoms with Gasteiger partial charge in [-0.3, -0.25) is 0 Å². The minimum Gasteiger partial charge on any atom is -0.495 e. The van der Waals surface area contributed by atoms with E-state index in [9.17, 15) is 0 Å². The topological polar surface area (TPSA) is 45.0 Å². The lowest BCUT2D eigenvalue weighted by atomic mass is 10.1. The molecule has 2 rings (SSSR count). The number of rotatable bonds is 6. The third kappa shape index (κ3) is 3.48. The lowest BCUT2D eigenvalue weighted by Gasteiger charge is -2.13. The van der Waals surface area contributed by atoms with Crippen molar-refractivity contribution < 1.29 is 4.74 Å². The SMILES string of the molecule is COc1ccc(CNC(C)CC2CC2)cc1C#N. The number of ether oxygens (including phenoxy) is 1. The van der Waals surface area contributed by atoms with Crippen molar-refractivity contribution in [2.45, 2.75) is 38.8 Å². The highest BCUT2D eigenvalue weighted by Crippen LogP contribution is 2.33. The first kappa shape index (κ1) is 12.9. The Balaban J connectivity index is 1.90. The van der Waals surface area contributed by atoms with Gasteiger partial charge in [-0.1, -0.05) is 18.9 Å². The van der Waals surface area contributed by atoms with Crippen LogP contribution in [0.3, 0.4) is 0 Å². The predicted molar refractivity (Wildman–Crippen MR) is 71.4 cm³/mol. The normalized spacial score (nSPS) is 16.1. The van der Waals surface area contributed by atoms with Gasteiger partial charge in [-0.05, 0) is 37.0 Å². The summed E-state index contributed by atoms with van der Waals surface area (Å²) in [5.74, 6) is 1.59. The van der Waals surface area contributed by atoms with Crippen molar-refractivity contribution in [3.05, 3.63) is 29.3 Å². The van der Waals surface area contributed by atoms with E-state index in [1.54, 1.807) is 7.11 Å². The molecule has 1 aromatic rings. The molecule has 1 unspecified atom stereocenters. The second-order valence-electron chi connectivity index (χ2n) is 5.11. The first-order valence-corrected chi connectivity index (χ1v) is 6.53. The number of hydrogen-bond acceptors (Lipinski definition) is 3. The van der Waals surface area contributed by atoms with E-state index in [2.05, 4.69) is 18.3 Å². The summed E-state index contributed by atoms with van der Waals surface area (Å²) in [4.78, 5) is 0. The van der Waals surface area contributed by atoms with Gasteiger partial charge in [0.25, 0.3) is 0 Å². The lowest BCUT2D eigenvalue weighted by molar-refractivity contribution is 0.413. The molecule has 1 fully saturated rings. The summed E-state index contributed by atoms with van der Waals surface area (Å²) in [5.41, 5.74) is 1.74. The van der Waals surface area contributed by atoms with E-state index < -0.39 is 0 Å². The molecular weight excluding hydrogens is 224 g/mol. The zero-order valence-corrected chi connectivity index (χ0v) is 11.1. The van der Waals surface area contributed by atoms with E-state index in [4.69, 9.17) is 10.00 Å². The maximum absolute atomic E-state index is 9.03. The molecule has 0 spiro atoms. The molecule has 96 valence electrons. The van der Waals surface area contributed by atoms with Gasteiger partial charge in [-0.2, -0.15) is 5.26 Å². The fraction of sp³-hybridized carbons (Fsp3) is 0.533. The van der Waals surface area contributed by atoms with Crippen molar-refractivity contribution in [1.29, 1.82) is 5.26 Å². The quantitative estimate of drug-likeness (QED) is 0.837. The van der Waals surface area contributed by atoms with Gasteiger partial charge in [-0.15, -0.1) is 0 Å². The fourth-order valence-electron chi connectivity index (χ4n) is 2.18. The molecule has 18 heavy (non-hydrogen) atoms. The van der Waals surface area contributed by atoms with Crippen LogP contribution < -0.4 is 10.1 Å². The summed E-state index contributed by atoms with van der Waals surface area (Å²) in [5, 5.41) is 12.5. The van der Waals surface area contributed by atoms with Crippen molar-refractivity contribution in [3.63, 3.8) is 0 Å². The molecule has 1 saturated carbocycles. The largest absolute Gasteiger partial charge is 0.495 e. The van der Waals surface area contributed by atoms with E-state index >= 15 is 0 Å². The van der Waals surface area contributed by atoms with Gasteiger partial charge in [0.1, 0.15) is 11.8 Å². The molecule has 1 atom stereocenters. The summed E-state index contributed by atoms with van der Waals surface area (Å²) in [6.07, 6.45) is 4.06. The van der Waals surface area contributed by atoms with Crippen LogP contribution >= 0.6 is 0 Å². The average molecular weight is 244 g/mol. The van der Waals surface area contributed by atoms with Crippen molar-refractivity contribution in [2.75, 3.05) is 7.11 Å². The van der Waals surface area contributed by atoms with Crippen LogP contribution in [-0.2, 0) is 6.54 Å². The number of benzene rings is 1. The zero-order valence-electron chi connectivity index (χ0n) is 11.1. The molecule has 3 heteroatoms. The Labute approximate surface area is 109 Å². The van der Waals surface area contributed by atoms with Crippen molar-refractivity contribution in [2.24, 2.45) is 5.92 Å². The Hall–Kier alpha value is -1.53. The standard InChI is InChI=1S/C15H20N2O/c1-11(7-12-3-4-12)17-10-13-5-6-15(18-2)14(8-13)9-16/h5-6,8,11-12,17H,3-4,7,10H2,1-2H3. The van der Waals surface area contributed by atoms with E-state index in [1.807, 2.05) is 18.2 Å². The van der Waals surface area contributed by atoms with Crippen LogP contribution in [-0.4, -0.2) is 13.2 Å². The highest BCUT2D eigenvalue weighted by Gasteiger charge is 2.23. The van der Waals surface area contributed by atoms with Gasteiger partial charge in [-0.25, -0.2) is 0 Å². The number of nitrogens with one attached hydrogen (secondary N) is 1. The maximum atomic E-state index is 9.03. The maximum Gasteiger partial charge on any atom is 0.136 e. The van der Waals surface area contributed by atoms with E-state index in [0.717, 1.165) is 18.0 Å². The van der Waals surface area contributed by atoms with E-state index in [1.165, 1.54) is 19.3 Å². The molecule has 0 aromatic heterocycles. The van der Waals surface area contributed by atoms with Crippen LogP contribution in [0.2, 0.25) is 0 Å². The molecule has 3 nitrogen and oxygen atoms in total. The number of nitrogens with zero attached hydrogens (tertiary/aromatic N) is 1. The molecule has 0 bridgehead atoms. The third-order valence-corrected chi connectivity index (χ3v) is 3.42. The molecule has 1 N–H and O–H groups in total. The Morgan fingerprint density at radius 3 is 2.89 bits per heavy atom. The molecule has 1 aliphatic carbocycles. The van der Waals surface area contributed by atoms with Gasteiger partial charge < -0.3 is 10.1 Å². The molecule has 0 amide bonds. The smallest absolute Gasteiger partial charge is 0.136 e. The van der Waals surface area contributed by atoms with Crippen molar-refractivity contribution in [3.8, 4) is 11.8 Å². The Morgan fingerprint density at radius 1 is 1.50 bits per heavy atom. The lowest BCUT2D eigenvalue weighted by Crippen LogP contribution is -2.25. The number of nitriles is 1. The number of methoxy groups -OCH3 is 1. The number of hydrogen-bond donors (Lipinski definition) is 1. The molecule has 0 heterocycles. The zero-order chi connectivity index (χ0) is 13.0. The van der Waals surface area contributed by atoms with Crippen LogP contribution in [0.15, 0.2) is 18.2 Å². The van der Waals surface area contributed by atoms with Gasteiger partial charge >= 0.3 is 0 Å². The molecule has 1 aliphatic rings. The third-order valence-electron chi connectivity index (χ3n) is 3.42. The van der Waals surface area contributed by atoms with Gasteiger partial charge in [0, 0.05) is 12.6 Å². The fourth-order valence-corrected chi connectivity index (χ4v) is 2.18.